The van der Waals surface area contributed by atoms with Crippen molar-refractivity contribution in [3.63, 3.8) is 0 Å². The topological polar surface area (TPSA) is 72.3 Å². The maximum Gasteiger partial charge on any atom is 0.356 e. The van der Waals surface area contributed by atoms with Crippen LogP contribution >= 0.6 is 11.6 Å². The zero-order chi connectivity index (χ0) is 15.0. The van der Waals surface area contributed by atoms with Crippen molar-refractivity contribution in [1.82, 2.24) is 9.97 Å². The van der Waals surface area contributed by atoms with Crippen LogP contribution < -0.4 is 0 Å². The number of methoxy groups -OCH3 is 1. The van der Waals surface area contributed by atoms with Crippen LogP contribution in [0.2, 0.25) is 5.02 Å². The lowest BCUT2D eigenvalue weighted by molar-refractivity contribution is -0.0730. The summed E-state index contributed by atoms with van der Waals surface area (Å²) < 4.78 is 5.67. The minimum Gasteiger partial charge on any atom is -0.476 e. The number of ether oxygens (including phenoxy) is 1. The Labute approximate surface area is 123 Å². The Bertz CT molecular complexity index is 521. The molecule has 0 atom stereocenters. The van der Waals surface area contributed by atoms with Gasteiger partial charge in [-0.25, -0.2) is 14.8 Å². The molecule has 110 valence electrons. The van der Waals surface area contributed by atoms with E-state index in [-0.39, 0.29) is 16.1 Å². The average molecular weight is 299 g/mol. The second-order valence-corrected chi connectivity index (χ2v) is 6.47. The molecule has 2 rings (SSSR count). The summed E-state index contributed by atoms with van der Waals surface area (Å²) in [5.41, 5.74) is -0.507. The number of nitrogens with zero attached hydrogens (tertiary/aromatic N) is 2. The lowest BCUT2D eigenvalue weighted by Gasteiger charge is -2.41. The van der Waals surface area contributed by atoms with E-state index in [1.165, 1.54) is 6.20 Å². The second kappa shape index (κ2) is 5.30. The molecule has 0 unspecified atom stereocenters. The highest BCUT2D eigenvalue weighted by Gasteiger charge is 2.42. The zero-order valence-electron chi connectivity index (χ0n) is 11.9. The van der Waals surface area contributed by atoms with Gasteiger partial charge in [0, 0.05) is 7.11 Å². The lowest BCUT2D eigenvalue weighted by Crippen LogP contribution is -2.38. The van der Waals surface area contributed by atoms with Crippen LogP contribution in [-0.2, 0) is 10.3 Å². The molecule has 1 aromatic rings. The number of aromatic nitrogens is 2. The van der Waals surface area contributed by atoms with Crippen molar-refractivity contribution in [1.29, 1.82) is 0 Å². The number of hydrogen-bond acceptors (Lipinski definition) is 4. The molecule has 20 heavy (non-hydrogen) atoms. The van der Waals surface area contributed by atoms with Crippen molar-refractivity contribution in [3.05, 3.63) is 22.7 Å². The minimum absolute atomic E-state index is 0.0450. The number of carboxylic acids is 1. The monoisotopic (exact) mass is 298 g/mol. The van der Waals surface area contributed by atoms with Crippen molar-refractivity contribution >= 4 is 17.6 Å². The molecule has 6 heteroatoms. The summed E-state index contributed by atoms with van der Waals surface area (Å²) in [6.45, 7) is 4.44. The van der Waals surface area contributed by atoms with Gasteiger partial charge in [0.25, 0.3) is 0 Å². The molecule has 0 saturated heterocycles. The number of aromatic carboxylic acids is 1. The maximum absolute atomic E-state index is 11.1. The summed E-state index contributed by atoms with van der Waals surface area (Å²) in [4.78, 5) is 19.5. The number of hydrogen-bond donors (Lipinski definition) is 1. The van der Waals surface area contributed by atoms with E-state index in [9.17, 15) is 4.79 Å². The first-order valence-corrected chi connectivity index (χ1v) is 6.99. The lowest BCUT2D eigenvalue weighted by atomic mass is 9.70. The predicted molar refractivity (Wildman–Crippen MR) is 74.9 cm³/mol. The molecule has 1 N–H and O–H groups in total. The Morgan fingerprint density at radius 2 is 1.95 bits per heavy atom. The van der Waals surface area contributed by atoms with Gasteiger partial charge in [-0.1, -0.05) is 25.4 Å². The first-order chi connectivity index (χ1) is 9.30. The van der Waals surface area contributed by atoms with Crippen molar-refractivity contribution in [3.8, 4) is 0 Å². The van der Waals surface area contributed by atoms with Crippen molar-refractivity contribution in [2.45, 2.75) is 45.1 Å². The highest BCUT2D eigenvalue weighted by molar-refractivity contribution is 6.33. The maximum atomic E-state index is 11.1. The van der Waals surface area contributed by atoms with E-state index in [2.05, 4.69) is 23.8 Å². The predicted octanol–water partition coefficient (Wildman–Crippen LogP) is 3.27. The molecule has 5 nitrogen and oxygen atoms in total. The van der Waals surface area contributed by atoms with Crippen LogP contribution in [0, 0.1) is 5.41 Å². The first kappa shape index (κ1) is 15.2. The molecule has 1 fully saturated rings. The minimum atomic E-state index is -1.15. The number of halogens is 1. The van der Waals surface area contributed by atoms with Crippen molar-refractivity contribution < 1.29 is 14.6 Å². The van der Waals surface area contributed by atoms with E-state index in [0.29, 0.717) is 5.82 Å². The second-order valence-electron chi connectivity index (χ2n) is 6.06. The summed E-state index contributed by atoms with van der Waals surface area (Å²) in [6, 6.07) is 0. The Morgan fingerprint density at radius 3 is 2.45 bits per heavy atom. The van der Waals surface area contributed by atoms with Crippen LogP contribution in [0.15, 0.2) is 6.20 Å². The van der Waals surface area contributed by atoms with Crippen LogP contribution in [0.25, 0.3) is 0 Å². The Hall–Kier alpha value is -1.20. The van der Waals surface area contributed by atoms with E-state index in [1.54, 1.807) is 7.11 Å². The third-order valence-corrected chi connectivity index (χ3v) is 4.43. The summed E-state index contributed by atoms with van der Waals surface area (Å²) in [7, 11) is 1.62. The molecular formula is C14H19ClN2O3. The van der Waals surface area contributed by atoms with Gasteiger partial charge >= 0.3 is 5.97 Å². The van der Waals surface area contributed by atoms with Gasteiger partial charge in [-0.15, -0.1) is 0 Å². The fourth-order valence-corrected chi connectivity index (χ4v) is 2.76. The van der Waals surface area contributed by atoms with Gasteiger partial charge in [0.05, 0.1) is 11.2 Å². The fraction of sp³-hybridized carbons (Fsp3) is 0.643. The van der Waals surface area contributed by atoms with Crippen molar-refractivity contribution in [2.24, 2.45) is 5.41 Å². The molecular weight excluding hydrogens is 280 g/mol. The quantitative estimate of drug-likeness (QED) is 0.927. The summed E-state index contributed by atoms with van der Waals surface area (Å²) in [5, 5.41) is 9.16. The molecule has 0 aliphatic heterocycles. The summed E-state index contributed by atoms with van der Waals surface area (Å²) in [6.07, 6.45) is 4.85. The molecule has 1 aliphatic rings. The third kappa shape index (κ3) is 2.79. The van der Waals surface area contributed by atoms with Crippen LogP contribution in [-0.4, -0.2) is 28.2 Å². The Morgan fingerprint density at radius 1 is 1.35 bits per heavy atom. The normalized spacial score (nSPS) is 20.6. The van der Waals surface area contributed by atoms with Gasteiger partial charge in [0.2, 0.25) is 0 Å². The van der Waals surface area contributed by atoms with Crippen molar-refractivity contribution in [2.75, 3.05) is 7.11 Å². The Balaban J connectivity index is 2.38. The Kier molecular flexibility index (Phi) is 4.02. The first-order valence-electron chi connectivity index (χ1n) is 6.61. The summed E-state index contributed by atoms with van der Waals surface area (Å²) in [5.74, 6) is -0.738. The molecule has 0 amide bonds. The molecule has 1 heterocycles. The molecule has 0 bridgehead atoms. The molecule has 1 aromatic heterocycles. The van der Waals surface area contributed by atoms with E-state index in [4.69, 9.17) is 21.4 Å². The van der Waals surface area contributed by atoms with Crippen LogP contribution in [0.1, 0.15) is 55.8 Å². The summed E-state index contributed by atoms with van der Waals surface area (Å²) >= 11 is 5.82. The molecule has 0 spiro atoms. The van der Waals surface area contributed by atoms with Gasteiger partial charge in [-0.3, -0.25) is 0 Å². The van der Waals surface area contributed by atoms with Crippen LogP contribution in [0.3, 0.4) is 0 Å². The smallest absolute Gasteiger partial charge is 0.356 e. The van der Waals surface area contributed by atoms with Crippen LogP contribution in [0.5, 0.6) is 0 Å². The zero-order valence-corrected chi connectivity index (χ0v) is 12.7. The SMILES string of the molecule is COC1(c2ncc(Cl)c(C(=O)O)n2)CCC(C)(C)CC1. The fourth-order valence-electron chi connectivity index (χ4n) is 2.59. The van der Waals surface area contributed by atoms with Gasteiger partial charge in [0.15, 0.2) is 11.5 Å². The molecule has 1 aliphatic carbocycles. The number of carbonyl (C=O) groups is 1. The van der Waals surface area contributed by atoms with E-state index in [1.807, 2.05) is 0 Å². The largest absolute Gasteiger partial charge is 0.476 e. The average Bonchev–Trinajstić information content (AvgIpc) is 2.40. The van der Waals surface area contributed by atoms with E-state index >= 15 is 0 Å². The third-order valence-electron chi connectivity index (χ3n) is 4.16. The van der Waals surface area contributed by atoms with Gasteiger partial charge in [-0.2, -0.15) is 0 Å². The number of rotatable bonds is 3. The molecule has 1 saturated carbocycles. The highest BCUT2D eigenvalue weighted by atomic mass is 35.5. The molecule has 0 aromatic carbocycles. The number of carboxylic acid groups (broad SMARTS) is 1. The van der Waals surface area contributed by atoms with Gasteiger partial charge in [0.1, 0.15) is 5.60 Å². The molecule has 0 radical (unpaired) electrons. The van der Waals surface area contributed by atoms with Gasteiger partial charge in [-0.05, 0) is 31.1 Å². The van der Waals surface area contributed by atoms with Gasteiger partial charge < -0.3 is 9.84 Å². The standard InChI is InChI=1S/C14H19ClN2O3/c1-13(2)4-6-14(20-3,7-5-13)12-16-8-9(15)10(17-12)11(18)19/h8H,4-7H2,1-3H3,(H,18,19). The van der Waals surface area contributed by atoms with E-state index in [0.717, 1.165) is 25.7 Å². The van der Waals surface area contributed by atoms with E-state index < -0.39 is 11.6 Å². The van der Waals surface area contributed by atoms with Crippen LogP contribution in [0.4, 0.5) is 0 Å². The highest BCUT2D eigenvalue weighted by Crippen LogP contribution is 2.46.